The van der Waals surface area contributed by atoms with Gasteiger partial charge in [-0.25, -0.2) is 0 Å². The molecule has 1 heterocycles. The summed E-state index contributed by atoms with van der Waals surface area (Å²) in [4.78, 5) is 14.4. The van der Waals surface area contributed by atoms with Crippen LogP contribution in [0.1, 0.15) is 47.1 Å². The predicted molar refractivity (Wildman–Crippen MR) is 79.7 cm³/mol. The summed E-state index contributed by atoms with van der Waals surface area (Å²) >= 11 is 0. The Morgan fingerprint density at radius 2 is 2.00 bits per heavy atom. The standard InChI is InChI=1S/C17H18N2O2/c1-4-19(17(20)16-9-10-21-13(16)3)12(2)15-7-5-14(11-18)6-8-15/h5-10,12H,4H2,1-3H3. The zero-order valence-corrected chi connectivity index (χ0v) is 12.5. The molecule has 0 aliphatic rings. The normalized spacial score (nSPS) is 11.7. The Morgan fingerprint density at radius 3 is 2.48 bits per heavy atom. The van der Waals surface area contributed by atoms with E-state index in [1.54, 1.807) is 30.0 Å². The van der Waals surface area contributed by atoms with Crippen molar-refractivity contribution in [2.75, 3.05) is 6.54 Å². The van der Waals surface area contributed by atoms with Crippen molar-refractivity contribution >= 4 is 5.91 Å². The summed E-state index contributed by atoms with van der Waals surface area (Å²) in [5.41, 5.74) is 2.22. The highest BCUT2D eigenvalue weighted by atomic mass is 16.3. The number of carbonyl (C=O) groups excluding carboxylic acids is 1. The number of hydrogen-bond acceptors (Lipinski definition) is 3. The van der Waals surface area contributed by atoms with E-state index in [4.69, 9.17) is 9.68 Å². The molecule has 1 aromatic heterocycles. The van der Waals surface area contributed by atoms with Crippen LogP contribution in [-0.4, -0.2) is 17.4 Å². The Labute approximate surface area is 124 Å². The fourth-order valence-corrected chi connectivity index (χ4v) is 2.37. The molecule has 1 aromatic carbocycles. The van der Waals surface area contributed by atoms with Gasteiger partial charge >= 0.3 is 0 Å². The lowest BCUT2D eigenvalue weighted by Gasteiger charge is -2.28. The van der Waals surface area contributed by atoms with Crippen LogP contribution < -0.4 is 0 Å². The van der Waals surface area contributed by atoms with Gasteiger partial charge in [0.15, 0.2) is 0 Å². The van der Waals surface area contributed by atoms with E-state index in [9.17, 15) is 4.79 Å². The number of aryl methyl sites for hydroxylation is 1. The number of amides is 1. The van der Waals surface area contributed by atoms with Crippen molar-refractivity contribution in [2.24, 2.45) is 0 Å². The summed E-state index contributed by atoms with van der Waals surface area (Å²) < 4.78 is 5.21. The summed E-state index contributed by atoms with van der Waals surface area (Å²) in [5, 5.41) is 8.84. The Hall–Kier alpha value is -2.54. The van der Waals surface area contributed by atoms with E-state index in [1.165, 1.54) is 6.26 Å². The maximum atomic E-state index is 12.6. The second kappa shape index (κ2) is 6.27. The van der Waals surface area contributed by atoms with E-state index in [1.807, 2.05) is 26.0 Å². The van der Waals surface area contributed by atoms with Crippen LogP contribution in [0.25, 0.3) is 0 Å². The molecule has 4 nitrogen and oxygen atoms in total. The molecule has 2 aromatic rings. The van der Waals surface area contributed by atoms with Crippen molar-refractivity contribution in [1.82, 2.24) is 4.90 Å². The van der Waals surface area contributed by atoms with E-state index < -0.39 is 0 Å². The summed E-state index contributed by atoms with van der Waals surface area (Å²) in [7, 11) is 0. The third-order valence-electron chi connectivity index (χ3n) is 3.68. The van der Waals surface area contributed by atoms with Crippen molar-refractivity contribution in [3.63, 3.8) is 0 Å². The minimum Gasteiger partial charge on any atom is -0.469 e. The largest absolute Gasteiger partial charge is 0.469 e. The molecule has 0 aliphatic carbocycles. The van der Waals surface area contributed by atoms with Crippen LogP contribution in [0.2, 0.25) is 0 Å². The summed E-state index contributed by atoms with van der Waals surface area (Å²) in [5.74, 6) is 0.589. The van der Waals surface area contributed by atoms with Crippen LogP contribution in [0.3, 0.4) is 0 Å². The number of rotatable bonds is 4. The number of nitrogens with zero attached hydrogens (tertiary/aromatic N) is 2. The highest BCUT2D eigenvalue weighted by molar-refractivity contribution is 5.95. The maximum Gasteiger partial charge on any atom is 0.257 e. The van der Waals surface area contributed by atoms with E-state index in [2.05, 4.69) is 6.07 Å². The van der Waals surface area contributed by atoms with Crippen LogP contribution in [0, 0.1) is 18.3 Å². The van der Waals surface area contributed by atoms with Crippen molar-refractivity contribution in [3.05, 3.63) is 59.0 Å². The van der Waals surface area contributed by atoms with Gasteiger partial charge in [-0.05, 0) is 44.5 Å². The van der Waals surface area contributed by atoms with Gasteiger partial charge in [-0.1, -0.05) is 12.1 Å². The molecule has 0 bridgehead atoms. The average molecular weight is 282 g/mol. The predicted octanol–water partition coefficient (Wildman–Crippen LogP) is 3.68. The lowest BCUT2D eigenvalue weighted by atomic mass is 10.0. The SMILES string of the molecule is CCN(C(=O)c1ccoc1C)C(C)c1ccc(C#N)cc1. The molecule has 1 atom stereocenters. The number of benzene rings is 1. The van der Waals surface area contributed by atoms with Gasteiger partial charge in [0, 0.05) is 6.54 Å². The maximum absolute atomic E-state index is 12.6. The van der Waals surface area contributed by atoms with Crippen molar-refractivity contribution in [2.45, 2.75) is 26.8 Å². The van der Waals surface area contributed by atoms with Gasteiger partial charge in [-0.3, -0.25) is 4.79 Å². The molecule has 1 amide bonds. The minimum absolute atomic E-state index is 0.0411. The van der Waals surface area contributed by atoms with E-state index >= 15 is 0 Å². The Balaban J connectivity index is 2.26. The molecule has 2 rings (SSSR count). The first-order valence-electron chi connectivity index (χ1n) is 6.93. The average Bonchev–Trinajstić information content (AvgIpc) is 2.94. The fraction of sp³-hybridized carbons (Fsp3) is 0.294. The lowest BCUT2D eigenvalue weighted by molar-refractivity contribution is 0.0700. The van der Waals surface area contributed by atoms with Gasteiger partial charge in [-0.2, -0.15) is 5.26 Å². The molecule has 0 N–H and O–H groups in total. The van der Waals surface area contributed by atoms with Gasteiger partial charge in [0.1, 0.15) is 5.76 Å². The minimum atomic E-state index is -0.0652. The molecule has 108 valence electrons. The summed E-state index contributed by atoms with van der Waals surface area (Å²) in [6, 6.07) is 11.1. The van der Waals surface area contributed by atoms with Crippen molar-refractivity contribution < 1.29 is 9.21 Å². The van der Waals surface area contributed by atoms with Crippen LogP contribution in [0.15, 0.2) is 41.0 Å². The second-order valence-corrected chi connectivity index (χ2v) is 4.89. The monoisotopic (exact) mass is 282 g/mol. The Bertz CT molecular complexity index is 665. The van der Waals surface area contributed by atoms with E-state index in [0.717, 1.165) is 5.56 Å². The Morgan fingerprint density at radius 1 is 1.33 bits per heavy atom. The summed E-state index contributed by atoms with van der Waals surface area (Å²) in [6.07, 6.45) is 1.53. The first kappa shape index (κ1) is 14.9. The first-order chi connectivity index (χ1) is 10.1. The first-order valence-corrected chi connectivity index (χ1v) is 6.93. The van der Waals surface area contributed by atoms with Crippen LogP contribution in [0.5, 0.6) is 0 Å². The third-order valence-corrected chi connectivity index (χ3v) is 3.68. The molecule has 0 saturated carbocycles. The van der Waals surface area contributed by atoms with Crippen LogP contribution >= 0.6 is 0 Å². The number of hydrogen-bond donors (Lipinski definition) is 0. The molecular weight excluding hydrogens is 264 g/mol. The van der Waals surface area contributed by atoms with Gasteiger partial charge in [0.2, 0.25) is 0 Å². The smallest absolute Gasteiger partial charge is 0.257 e. The number of nitriles is 1. The molecule has 0 fully saturated rings. The van der Waals surface area contributed by atoms with Crippen LogP contribution in [-0.2, 0) is 0 Å². The molecule has 0 spiro atoms. The van der Waals surface area contributed by atoms with E-state index in [-0.39, 0.29) is 11.9 Å². The number of furan rings is 1. The molecule has 4 heteroatoms. The lowest BCUT2D eigenvalue weighted by Crippen LogP contribution is -2.33. The van der Waals surface area contributed by atoms with Crippen molar-refractivity contribution in [3.8, 4) is 6.07 Å². The van der Waals surface area contributed by atoms with E-state index in [0.29, 0.717) is 23.4 Å². The van der Waals surface area contributed by atoms with Crippen LogP contribution in [0.4, 0.5) is 0 Å². The molecule has 0 radical (unpaired) electrons. The molecule has 0 aliphatic heterocycles. The molecule has 1 unspecified atom stereocenters. The summed E-state index contributed by atoms with van der Waals surface area (Å²) in [6.45, 7) is 6.32. The van der Waals surface area contributed by atoms with Gasteiger partial charge in [0.05, 0.1) is 29.5 Å². The number of carbonyl (C=O) groups is 1. The molecule has 0 saturated heterocycles. The zero-order valence-electron chi connectivity index (χ0n) is 12.5. The highest BCUT2D eigenvalue weighted by Crippen LogP contribution is 2.23. The quantitative estimate of drug-likeness (QED) is 0.859. The molecular formula is C17H18N2O2. The third kappa shape index (κ3) is 2.97. The topological polar surface area (TPSA) is 57.2 Å². The zero-order chi connectivity index (χ0) is 15.4. The van der Waals surface area contributed by atoms with Gasteiger partial charge in [0.25, 0.3) is 5.91 Å². The Kier molecular flexibility index (Phi) is 4.44. The second-order valence-electron chi connectivity index (χ2n) is 4.89. The highest BCUT2D eigenvalue weighted by Gasteiger charge is 2.23. The van der Waals surface area contributed by atoms with Gasteiger partial charge in [-0.15, -0.1) is 0 Å². The van der Waals surface area contributed by atoms with Crippen molar-refractivity contribution in [1.29, 1.82) is 5.26 Å². The van der Waals surface area contributed by atoms with Gasteiger partial charge < -0.3 is 9.32 Å². The fourth-order valence-electron chi connectivity index (χ4n) is 2.37. The molecule has 21 heavy (non-hydrogen) atoms.